The molecule has 1 aromatic heterocycles. The molecule has 0 spiro atoms. The highest BCUT2D eigenvalue weighted by Crippen LogP contribution is 2.08. The van der Waals surface area contributed by atoms with Gasteiger partial charge in [-0.15, -0.1) is 0 Å². The van der Waals surface area contributed by atoms with Crippen LogP contribution in [0.3, 0.4) is 0 Å². The largest absolute Gasteiger partial charge is 0.314 e. The molecule has 1 heterocycles. The fourth-order valence-electron chi connectivity index (χ4n) is 1.52. The molecule has 0 amide bonds. The molecule has 0 aromatic carbocycles. The summed E-state index contributed by atoms with van der Waals surface area (Å²) in [4.78, 5) is 0. The summed E-state index contributed by atoms with van der Waals surface area (Å²) in [6, 6.07) is 2.52. The number of thiophene rings is 1. The number of hydrogen-bond donors (Lipinski definition) is 1. The van der Waals surface area contributed by atoms with E-state index in [1.807, 2.05) is 0 Å². The van der Waals surface area contributed by atoms with Crippen molar-refractivity contribution in [3.63, 3.8) is 0 Å². The van der Waals surface area contributed by atoms with Gasteiger partial charge in [0.1, 0.15) is 9.84 Å². The molecule has 1 aromatic rings. The molecular weight excluding hydrogens is 242 g/mol. The van der Waals surface area contributed by atoms with Crippen molar-refractivity contribution in [2.45, 2.75) is 25.8 Å². The second-order valence-electron chi connectivity index (χ2n) is 4.17. The Labute approximate surface area is 102 Å². The molecule has 0 saturated carbocycles. The van der Waals surface area contributed by atoms with Crippen molar-refractivity contribution in [3.05, 3.63) is 22.4 Å². The number of sulfone groups is 1. The first-order chi connectivity index (χ1) is 7.47. The monoisotopic (exact) mass is 261 g/mol. The van der Waals surface area contributed by atoms with E-state index in [0.717, 1.165) is 13.0 Å². The second-order valence-corrected chi connectivity index (χ2v) is 7.21. The quantitative estimate of drug-likeness (QED) is 0.760. The fraction of sp³-hybridized carbons (Fsp3) is 0.636. The molecule has 0 fully saturated rings. The molecule has 1 N–H and O–H groups in total. The van der Waals surface area contributed by atoms with Gasteiger partial charge in [0, 0.05) is 12.3 Å². The summed E-state index contributed by atoms with van der Waals surface area (Å²) in [6.45, 7) is 2.89. The van der Waals surface area contributed by atoms with Gasteiger partial charge in [-0.1, -0.05) is 0 Å². The lowest BCUT2D eigenvalue weighted by atomic mass is 10.1. The summed E-state index contributed by atoms with van der Waals surface area (Å²) in [5.74, 6) is 0.269. The Bertz CT molecular complexity index is 384. The predicted molar refractivity (Wildman–Crippen MR) is 69.8 cm³/mol. The van der Waals surface area contributed by atoms with Crippen LogP contribution in [0.4, 0.5) is 0 Å². The lowest BCUT2D eigenvalue weighted by Crippen LogP contribution is -2.29. The van der Waals surface area contributed by atoms with E-state index in [1.54, 1.807) is 11.3 Å². The minimum Gasteiger partial charge on any atom is -0.314 e. The first-order valence-corrected chi connectivity index (χ1v) is 8.40. The minimum absolute atomic E-state index is 0.269. The Kier molecular flexibility index (Phi) is 5.44. The van der Waals surface area contributed by atoms with Crippen molar-refractivity contribution < 1.29 is 8.42 Å². The standard InChI is InChI=1S/C11H19NO2S2/c1-10(8-11-4-6-15-9-11)12-5-3-7-16(2,13)14/h4,6,9-10,12H,3,5,7-8H2,1-2H3. The van der Waals surface area contributed by atoms with Crippen molar-refractivity contribution in [1.82, 2.24) is 5.32 Å². The zero-order valence-corrected chi connectivity index (χ0v) is 11.4. The van der Waals surface area contributed by atoms with Gasteiger partial charge in [-0.3, -0.25) is 0 Å². The Hall–Kier alpha value is -0.390. The van der Waals surface area contributed by atoms with Gasteiger partial charge in [0.2, 0.25) is 0 Å². The van der Waals surface area contributed by atoms with Crippen LogP contribution in [0.1, 0.15) is 18.9 Å². The smallest absolute Gasteiger partial charge is 0.147 e. The van der Waals surface area contributed by atoms with E-state index < -0.39 is 9.84 Å². The van der Waals surface area contributed by atoms with E-state index >= 15 is 0 Å². The van der Waals surface area contributed by atoms with Crippen LogP contribution < -0.4 is 5.32 Å². The van der Waals surface area contributed by atoms with Crippen LogP contribution in [0.5, 0.6) is 0 Å². The Morgan fingerprint density at radius 3 is 2.81 bits per heavy atom. The molecular formula is C11H19NO2S2. The van der Waals surface area contributed by atoms with Crippen LogP contribution in [0.25, 0.3) is 0 Å². The van der Waals surface area contributed by atoms with E-state index in [1.165, 1.54) is 11.8 Å². The Balaban J connectivity index is 2.14. The minimum atomic E-state index is -2.81. The lowest BCUT2D eigenvalue weighted by molar-refractivity contribution is 0.540. The highest BCUT2D eigenvalue weighted by atomic mass is 32.2. The maximum absolute atomic E-state index is 10.9. The third-order valence-corrected chi connectivity index (χ3v) is 4.07. The molecule has 5 heteroatoms. The molecule has 0 bridgehead atoms. The SMILES string of the molecule is CC(Cc1ccsc1)NCCCS(C)(=O)=O. The van der Waals surface area contributed by atoms with Gasteiger partial charge < -0.3 is 5.32 Å². The number of nitrogens with one attached hydrogen (secondary N) is 1. The van der Waals surface area contributed by atoms with Crippen molar-refractivity contribution in [2.75, 3.05) is 18.6 Å². The fourth-order valence-corrected chi connectivity index (χ4v) is 2.87. The van der Waals surface area contributed by atoms with Crippen LogP contribution in [0, 0.1) is 0 Å². The summed E-state index contributed by atoms with van der Waals surface area (Å²) in [6.07, 6.45) is 2.97. The van der Waals surface area contributed by atoms with Crippen molar-refractivity contribution in [2.24, 2.45) is 0 Å². The van der Waals surface area contributed by atoms with Crippen LogP contribution in [0.2, 0.25) is 0 Å². The zero-order valence-electron chi connectivity index (χ0n) is 9.77. The maximum atomic E-state index is 10.9. The van der Waals surface area contributed by atoms with E-state index in [-0.39, 0.29) is 5.75 Å². The normalized spacial score (nSPS) is 13.9. The average molecular weight is 261 g/mol. The third-order valence-electron chi connectivity index (χ3n) is 2.31. The molecule has 0 aliphatic rings. The van der Waals surface area contributed by atoms with Crippen LogP contribution in [-0.2, 0) is 16.3 Å². The van der Waals surface area contributed by atoms with Gasteiger partial charge in [-0.2, -0.15) is 11.3 Å². The van der Waals surface area contributed by atoms with Crippen LogP contribution in [0.15, 0.2) is 16.8 Å². The summed E-state index contributed by atoms with van der Waals surface area (Å²) in [7, 11) is -2.81. The van der Waals surface area contributed by atoms with Gasteiger partial charge in [0.15, 0.2) is 0 Å². The van der Waals surface area contributed by atoms with Crippen LogP contribution >= 0.6 is 11.3 Å². The molecule has 1 rings (SSSR count). The van der Waals surface area contributed by atoms with E-state index in [2.05, 4.69) is 29.1 Å². The average Bonchev–Trinajstić information content (AvgIpc) is 2.63. The summed E-state index contributed by atoms with van der Waals surface area (Å²) in [5, 5.41) is 7.56. The molecule has 16 heavy (non-hydrogen) atoms. The highest BCUT2D eigenvalue weighted by molar-refractivity contribution is 7.90. The molecule has 3 nitrogen and oxygen atoms in total. The number of hydrogen-bond acceptors (Lipinski definition) is 4. The summed E-state index contributed by atoms with van der Waals surface area (Å²) >= 11 is 1.71. The van der Waals surface area contributed by atoms with Crippen molar-refractivity contribution in [1.29, 1.82) is 0 Å². The lowest BCUT2D eigenvalue weighted by Gasteiger charge is -2.12. The molecule has 1 atom stereocenters. The molecule has 92 valence electrons. The van der Waals surface area contributed by atoms with Gasteiger partial charge in [-0.25, -0.2) is 8.42 Å². The zero-order chi connectivity index (χ0) is 12.0. The van der Waals surface area contributed by atoms with E-state index in [9.17, 15) is 8.42 Å². The molecule has 0 saturated heterocycles. The number of rotatable bonds is 7. The molecule has 0 aliphatic heterocycles. The van der Waals surface area contributed by atoms with Gasteiger partial charge in [0.25, 0.3) is 0 Å². The highest BCUT2D eigenvalue weighted by Gasteiger charge is 2.05. The van der Waals surface area contributed by atoms with Gasteiger partial charge >= 0.3 is 0 Å². The Morgan fingerprint density at radius 1 is 1.50 bits per heavy atom. The third kappa shape index (κ3) is 6.25. The molecule has 0 radical (unpaired) electrons. The second kappa shape index (κ2) is 6.37. The van der Waals surface area contributed by atoms with Gasteiger partial charge in [-0.05, 0) is 48.7 Å². The first-order valence-electron chi connectivity index (χ1n) is 5.39. The molecule has 0 aliphatic carbocycles. The summed E-state index contributed by atoms with van der Waals surface area (Å²) < 4.78 is 21.8. The van der Waals surface area contributed by atoms with E-state index in [4.69, 9.17) is 0 Å². The van der Waals surface area contributed by atoms with Crippen molar-refractivity contribution in [3.8, 4) is 0 Å². The summed E-state index contributed by atoms with van der Waals surface area (Å²) in [5.41, 5.74) is 1.34. The van der Waals surface area contributed by atoms with Crippen molar-refractivity contribution >= 4 is 21.2 Å². The first kappa shape index (κ1) is 13.7. The topological polar surface area (TPSA) is 46.2 Å². The maximum Gasteiger partial charge on any atom is 0.147 e. The Morgan fingerprint density at radius 2 is 2.25 bits per heavy atom. The van der Waals surface area contributed by atoms with E-state index in [0.29, 0.717) is 12.5 Å². The predicted octanol–water partition coefficient (Wildman–Crippen LogP) is 1.70. The van der Waals surface area contributed by atoms with Gasteiger partial charge in [0.05, 0.1) is 5.75 Å². The van der Waals surface area contributed by atoms with Crippen LogP contribution in [-0.4, -0.2) is 33.0 Å². The molecule has 1 unspecified atom stereocenters.